The van der Waals surface area contributed by atoms with Crippen molar-refractivity contribution in [1.82, 2.24) is 5.32 Å². The summed E-state index contributed by atoms with van der Waals surface area (Å²) in [5, 5.41) is 2.93. The number of hydrogen-bond acceptors (Lipinski definition) is 1. The van der Waals surface area contributed by atoms with Crippen LogP contribution in [0.4, 0.5) is 0 Å². The lowest BCUT2D eigenvalue weighted by atomic mass is 10.1. The van der Waals surface area contributed by atoms with Crippen molar-refractivity contribution in [2.24, 2.45) is 0 Å². The Kier molecular flexibility index (Phi) is 6.42. The van der Waals surface area contributed by atoms with Crippen molar-refractivity contribution >= 4 is 27.9 Å². The lowest BCUT2D eigenvalue weighted by Gasteiger charge is -2.12. The second kappa shape index (κ2) is 8.97. The number of likely N-dealkylation sites (tertiary alicyclic amines) is 1. The SMILES string of the molecule is O=C(/C=C/c1cccc(Br)c1)NCc1ccc(C[NH+]2CCCC2)cc1. The molecule has 0 atom stereocenters. The molecule has 2 aromatic rings. The molecule has 1 heterocycles. The average molecular weight is 400 g/mol. The van der Waals surface area contributed by atoms with Crippen LogP contribution in [0.5, 0.6) is 0 Å². The van der Waals surface area contributed by atoms with Crippen molar-refractivity contribution in [1.29, 1.82) is 0 Å². The smallest absolute Gasteiger partial charge is 0.244 e. The summed E-state index contributed by atoms with van der Waals surface area (Å²) in [6, 6.07) is 16.5. The van der Waals surface area contributed by atoms with Crippen LogP contribution in [-0.4, -0.2) is 19.0 Å². The van der Waals surface area contributed by atoms with Crippen LogP contribution in [0.15, 0.2) is 59.1 Å². The van der Waals surface area contributed by atoms with E-state index in [0.29, 0.717) is 6.54 Å². The Hall–Kier alpha value is -1.91. The van der Waals surface area contributed by atoms with Crippen LogP contribution in [0.2, 0.25) is 0 Å². The Morgan fingerprint density at radius 1 is 1.08 bits per heavy atom. The largest absolute Gasteiger partial charge is 0.348 e. The van der Waals surface area contributed by atoms with Crippen molar-refractivity contribution in [3.63, 3.8) is 0 Å². The first kappa shape index (κ1) is 17.9. The number of amides is 1. The summed E-state index contributed by atoms with van der Waals surface area (Å²) in [5.74, 6) is -0.0782. The van der Waals surface area contributed by atoms with Gasteiger partial charge >= 0.3 is 0 Å². The second-order valence-electron chi connectivity index (χ2n) is 6.56. The van der Waals surface area contributed by atoms with Gasteiger partial charge in [0.1, 0.15) is 6.54 Å². The molecule has 0 spiro atoms. The predicted molar refractivity (Wildman–Crippen MR) is 105 cm³/mol. The van der Waals surface area contributed by atoms with Gasteiger partial charge in [-0.2, -0.15) is 0 Å². The molecule has 1 aliphatic rings. The molecule has 2 N–H and O–H groups in total. The molecule has 0 aliphatic carbocycles. The van der Waals surface area contributed by atoms with E-state index in [1.165, 1.54) is 31.5 Å². The van der Waals surface area contributed by atoms with E-state index in [9.17, 15) is 4.79 Å². The molecule has 4 heteroatoms. The minimum absolute atomic E-state index is 0.0782. The first-order valence-electron chi connectivity index (χ1n) is 8.82. The number of hydrogen-bond donors (Lipinski definition) is 2. The van der Waals surface area contributed by atoms with Gasteiger partial charge < -0.3 is 10.2 Å². The Morgan fingerprint density at radius 2 is 1.80 bits per heavy atom. The van der Waals surface area contributed by atoms with Gasteiger partial charge in [-0.1, -0.05) is 52.3 Å². The van der Waals surface area contributed by atoms with E-state index in [2.05, 4.69) is 45.5 Å². The summed E-state index contributed by atoms with van der Waals surface area (Å²) in [4.78, 5) is 13.6. The zero-order valence-corrected chi connectivity index (χ0v) is 15.9. The Morgan fingerprint density at radius 3 is 2.52 bits per heavy atom. The normalized spacial score (nSPS) is 14.9. The molecule has 0 bridgehead atoms. The van der Waals surface area contributed by atoms with Gasteiger partial charge in [-0.15, -0.1) is 0 Å². The number of halogens is 1. The van der Waals surface area contributed by atoms with Crippen LogP contribution in [0.1, 0.15) is 29.5 Å². The summed E-state index contributed by atoms with van der Waals surface area (Å²) in [6.07, 6.45) is 6.11. The van der Waals surface area contributed by atoms with Crippen LogP contribution in [0, 0.1) is 0 Å². The van der Waals surface area contributed by atoms with Crippen molar-refractivity contribution in [3.8, 4) is 0 Å². The van der Waals surface area contributed by atoms with E-state index < -0.39 is 0 Å². The Labute approximate surface area is 157 Å². The first-order valence-corrected chi connectivity index (χ1v) is 9.61. The van der Waals surface area contributed by atoms with Crippen LogP contribution < -0.4 is 10.2 Å². The quantitative estimate of drug-likeness (QED) is 0.719. The van der Waals surface area contributed by atoms with Gasteiger partial charge in [-0.05, 0) is 29.3 Å². The van der Waals surface area contributed by atoms with E-state index in [0.717, 1.165) is 22.1 Å². The molecule has 1 amide bonds. The third kappa shape index (κ3) is 5.83. The van der Waals surface area contributed by atoms with Crippen molar-refractivity contribution in [3.05, 3.63) is 75.8 Å². The zero-order chi connectivity index (χ0) is 17.5. The van der Waals surface area contributed by atoms with E-state index in [-0.39, 0.29) is 5.91 Å². The topological polar surface area (TPSA) is 33.5 Å². The van der Waals surface area contributed by atoms with E-state index in [1.807, 2.05) is 30.3 Å². The molecule has 0 unspecified atom stereocenters. The van der Waals surface area contributed by atoms with Crippen LogP contribution in [-0.2, 0) is 17.9 Å². The molecule has 25 heavy (non-hydrogen) atoms. The van der Waals surface area contributed by atoms with E-state index >= 15 is 0 Å². The molecule has 3 rings (SSSR count). The minimum Gasteiger partial charge on any atom is -0.348 e. The van der Waals surface area contributed by atoms with Gasteiger partial charge in [0.2, 0.25) is 5.91 Å². The maximum absolute atomic E-state index is 12.0. The van der Waals surface area contributed by atoms with Gasteiger partial charge in [0, 0.05) is 35.5 Å². The summed E-state index contributed by atoms with van der Waals surface area (Å²) < 4.78 is 1.01. The molecule has 3 nitrogen and oxygen atoms in total. The van der Waals surface area contributed by atoms with Crippen LogP contribution >= 0.6 is 15.9 Å². The monoisotopic (exact) mass is 399 g/mol. The molecular weight excluding hydrogens is 376 g/mol. The highest BCUT2D eigenvalue weighted by Crippen LogP contribution is 2.12. The summed E-state index contributed by atoms with van der Waals surface area (Å²) in [6.45, 7) is 4.25. The third-order valence-electron chi connectivity index (χ3n) is 4.53. The lowest BCUT2D eigenvalue weighted by molar-refractivity contribution is -0.901. The summed E-state index contributed by atoms with van der Waals surface area (Å²) in [5.41, 5.74) is 3.50. The number of nitrogens with one attached hydrogen (secondary N) is 2. The molecule has 0 saturated carbocycles. The highest BCUT2D eigenvalue weighted by atomic mass is 79.9. The number of rotatable bonds is 6. The number of carbonyl (C=O) groups is 1. The molecule has 130 valence electrons. The maximum atomic E-state index is 12.0. The average Bonchev–Trinajstić information content (AvgIpc) is 3.12. The highest BCUT2D eigenvalue weighted by molar-refractivity contribution is 9.10. The Bertz CT molecular complexity index is 734. The first-order chi connectivity index (χ1) is 12.2. The van der Waals surface area contributed by atoms with Crippen molar-refractivity contribution in [2.75, 3.05) is 13.1 Å². The zero-order valence-electron chi connectivity index (χ0n) is 14.3. The van der Waals surface area contributed by atoms with Gasteiger partial charge in [0.15, 0.2) is 0 Å². The molecule has 1 fully saturated rings. The molecule has 1 aliphatic heterocycles. The molecule has 2 aromatic carbocycles. The van der Waals surface area contributed by atoms with E-state index in [4.69, 9.17) is 0 Å². The molecule has 0 radical (unpaired) electrons. The second-order valence-corrected chi connectivity index (χ2v) is 7.47. The summed E-state index contributed by atoms with van der Waals surface area (Å²) in [7, 11) is 0. The Balaban J connectivity index is 1.46. The lowest BCUT2D eigenvalue weighted by Crippen LogP contribution is -3.08. The fourth-order valence-electron chi connectivity index (χ4n) is 3.15. The predicted octanol–water partition coefficient (Wildman–Crippen LogP) is 2.96. The minimum atomic E-state index is -0.0782. The molecular formula is C21H24BrN2O+. The fraction of sp³-hybridized carbons (Fsp3) is 0.286. The van der Waals surface area contributed by atoms with Gasteiger partial charge in [0.25, 0.3) is 0 Å². The standard InChI is InChI=1S/C21H23BrN2O/c22-20-5-3-4-17(14-20)10-11-21(25)23-15-18-6-8-19(9-7-18)16-24-12-1-2-13-24/h3-11,14H,1-2,12-13,15-16H2,(H,23,25)/p+1/b11-10+. The van der Waals surface area contributed by atoms with Gasteiger partial charge in [-0.3, -0.25) is 4.79 Å². The molecule has 0 aromatic heterocycles. The van der Waals surface area contributed by atoms with Crippen molar-refractivity contribution in [2.45, 2.75) is 25.9 Å². The van der Waals surface area contributed by atoms with Crippen LogP contribution in [0.3, 0.4) is 0 Å². The maximum Gasteiger partial charge on any atom is 0.244 e. The fourth-order valence-corrected chi connectivity index (χ4v) is 3.56. The van der Waals surface area contributed by atoms with Gasteiger partial charge in [-0.25, -0.2) is 0 Å². The third-order valence-corrected chi connectivity index (χ3v) is 5.02. The number of benzene rings is 2. The van der Waals surface area contributed by atoms with E-state index in [1.54, 1.807) is 11.0 Å². The summed E-state index contributed by atoms with van der Waals surface area (Å²) >= 11 is 3.43. The molecule has 1 saturated heterocycles. The highest BCUT2D eigenvalue weighted by Gasteiger charge is 2.15. The number of quaternary nitrogens is 1. The van der Waals surface area contributed by atoms with Crippen molar-refractivity contribution < 1.29 is 9.69 Å². The van der Waals surface area contributed by atoms with Crippen LogP contribution in [0.25, 0.3) is 6.08 Å². The van der Waals surface area contributed by atoms with Gasteiger partial charge in [0.05, 0.1) is 13.1 Å². The number of carbonyl (C=O) groups excluding carboxylic acids is 1.